The molecule has 0 spiro atoms. The van der Waals surface area contributed by atoms with E-state index in [-0.39, 0.29) is 22.6 Å². The molecule has 0 saturated heterocycles. The Morgan fingerprint density at radius 2 is 2.00 bits per heavy atom. The van der Waals surface area contributed by atoms with Crippen molar-refractivity contribution in [1.29, 1.82) is 0 Å². The Balaban J connectivity index is 2.97. The van der Waals surface area contributed by atoms with Crippen LogP contribution in [-0.2, 0) is 0 Å². The third-order valence-electron chi connectivity index (χ3n) is 3.76. The predicted octanol–water partition coefficient (Wildman–Crippen LogP) is 3.05. The molecule has 0 heterocycles. The summed E-state index contributed by atoms with van der Waals surface area (Å²) >= 11 is 0. The van der Waals surface area contributed by atoms with E-state index in [1.807, 2.05) is 0 Å². The van der Waals surface area contributed by atoms with Crippen molar-refractivity contribution in [2.45, 2.75) is 27.7 Å². The van der Waals surface area contributed by atoms with Crippen LogP contribution in [0, 0.1) is 21.4 Å². The maximum Gasteiger partial charge on any atom is 0.293 e. The van der Waals surface area contributed by atoms with Crippen LogP contribution in [-0.4, -0.2) is 24.4 Å². The maximum absolute atomic E-state index is 11.5. The molecule has 2 N–H and O–H groups in total. The Kier molecular flexibility index (Phi) is 5.29. The first-order valence-corrected chi connectivity index (χ1v) is 6.91. The fraction of sp³-hybridized carbons (Fsp3) is 0.533. The summed E-state index contributed by atoms with van der Waals surface area (Å²) in [6, 6.07) is 4.46. The average Bonchev–Trinajstić information content (AvgIpc) is 2.42. The minimum atomic E-state index is -0.476. The molecule has 0 radical (unpaired) electrons. The highest BCUT2D eigenvalue weighted by atomic mass is 16.6. The number of hydrogen-bond acceptors (Lipinski definition) is 4. The van der Waals surface area contributed by atoms with Crippen LogP contribution < -0.4 is 10.6 Å². The predicted molar refractivity (Wildman–Crippen MR) is 83.6 cm³/mol. The molecule has 0 aliphatic carbocycles. The van der Waals surface area contributed by atoms with Gasteiger partial charge in [0.1, 0.15) is 5.69 Å². The number of nitro groups is 1. The topological polar surface area (TPSA) is 84.3 Å². The quantitative estimate of drug-likeness (QED) is 0.645. The van der Waals surface area contributed by atoms with Gasteiger partial charge in [-0.05, 0) is 23.5 Å². The molecule has 1 unspecified atom stereocenters. The van der Waals surface area contributed by atoms with Gasteiger partial charge >= 0.3 is 0 Å². The van der Waals surface area contributed by atoms with Gasteiger partial charge < -0.3 is 10.6 Å². The molecule has 0 bridgehead atoms. The first-order valence-electron chi connectivity index (χ1n) is 6.91. The van der Waals surface area contributed by atoms with Gasteiger partial charge in [-0.1, -0.05) is 27.7 Å². The molecule has 0 aliphatic heterocycles. The van der Waals surface area contributed by atoms with Gasteiger partial charge in [0, 0.05) is 25.2 Å². The summed E-state index contributed by atoms with van der Waals surface area (Å²) in [5, 5.41) is 16.7. The standard InChI is InChI=1S/C15H23N3O3/c1-10(15(2,3)4)9-17-12-7-6-11(14(19)16-5)8-13(12)18(20)21/h6-8,10,17H,9H2,1-5H3,(H,16,19). The first kappa shape index (κ1) is 16.9. The molecule has 1 aromatic rings. The van der Waals surface area contributed by atoms with Crippen LogP contribution in [0.25, 0.3) is 0 Å². The Labute approximate surface area is 125 Å². The summed E-state index contributed by atoms with van der Waals surface area (Å²) in [4.78, 5) is 22.2. The van der Waals surface area contributed by atoms with E-state index in [9.17, 15) is 14.9 Å². The summed E-state index contributed by atoms with van der Waals surface area (Å²) in [5.74, 6) is 0.00318. The zero-order valence-corrected chi connectivity index (χ0v) is 13.2. The molecule has 1 atom stereocenters. The minimum Gasteiger partial charge on any atom is -0.379 e. The van der Waals surface area contributed by atoms with Crippen LogP contribution in [0.5, 0.6) is 0 Å². The lowest BCUT2D eigenvalue weighted by Gasteiger charge is -2.27. The smallest absolute Gasteiger partial charge is 0.293 e. The fourth-order valence-corrected chi connectivity index (χ4v) is 1.69. The zero-order chi connectivity index (χ0) is 16.2. The van der Waals surface area contributed by atoms with E-state index in [4.69, 9.17) is 0 Å². The van der Waals surface area contributed by atoms with E-state index >= 15 is 0 Å². The third-order valence-corrected chi connectivity index (χ3v) is 3.76. The molecule has 6 nitrogen and oxygen atoms in total. The molecule has 0 saturated carbocycles. The average molecular weight is 293 g/mol. The van der Waals surface area contributed by atoms with Crippen LogP contribution >= 0.6 is 0 Å². The van der Waals surface area contributed by atoms with Crippen molar-refractivity contribution in [2.75, 3.05) is 18.9 Å². The van der Waals surface area contributed by atoms with Crippen LogP contribution in [0.3, 0.4) is 0 Å². The Morgan fingerprint density at radius 3 is 2.48 bits per heavy atom. The maximum atomic E-state index is 11.5. The molecule has 1 aromatic carbocycles. The van der Waals surface area contributed by atoms with Gasteiger partial charge in [-0.25, -0.2) is 0 Å². The number of carbonyl (C=O) groups excluding carboxylic acids is 1. The van der Waals surface area contributed by atoms with Gasteiger partial charge in [0.2, 0.25) is 0 Å². The number of rotatable bonds is 5. The highest BCUT2D eigenvalue weighted by Crippen LogP contribution is 2.29. The Hall–Kier alpha value is -2.11. The number of nitro benzene ring substituents is 1. The second-order valence-corrected chi connectivity index (χ2v) is 6.22. The van der Waals surface area contributed by atoms with Crippen LogP contribution in [0.1, 0.15) is 38.1 Å². The molecule has 0 fully saturated rings. The lowest BCUT2D eigenvalue weighted by atomic mass is 9.82. The lowest BCUT2D eigenvalue weighted by molar-refractivity contribution is -0.384. The number of anilines is 1. The van der Waals surface area contributed by atoms with Crippen molar-refractivity contribution < 1.29 is 9.72 Å². The number of hydrogen-bond donors (Lipinski definition) is 2. The van der Waals surface area contributed by atoms with Crippen molar-refractivity contribution in [3.63, 3.8) is 0 Å². The first-order chi connectivity index (χ1) is 9.66. The van der Waals surface area contributed by atoms with Crippen LogP contribution in [0.15, 0.2) is 18.2 Å². The SMILES string of the molecule is CNC(=O)c1ccc(NCC(C)C(C)(C)C)c([N+](=O)[O-])c1. The number of carbonyl (C=O) groups is 1. The lowest BCUT2D eigenvalue weighted by Crippen LogP contribution is -2.25. The molecule has 0 aliphatic rings. The third kappa shape index (κ3) is 4.44. The zero-order valence-electron chi connectivity index (χ0n) is 13.2. The van der Waals surface area contributed by atoms with E-state index in [2.05, 4.69) is 38.3 Å². The van der Waals surface area contributed by atoms with Crippen molar-refractivity contribution in [3.05, 3.63) is 33.9 Å². The molecule has 21 heavy (non-hydrogen) atoms. The van der Waals surface area contributed by atoms with Crippen molar-refractivity contribution >= 4 is 17.3 Å². The second-order valence-electron chi connectivity index (χ2n) is 6.22. The van der Waals surface area contributed by atoms with Crippen LogP contribution in [0.4, 0.5) is 11.4 Å². The fourth-order valence-electron chi connectivity index (χ4n) is 1.69. The van der Waals surface area contributed by atoms with Crippen molar-refractivity contribution in [1.82, 2.24) is 5.32 Å². The normalized spacial score (nSPS) is 12.6. The van der Waals surface area contributed by atoms with E-state index in [1.165, 1.54) is 13.1 Å². The monoisotopic (exact) mass is 293 g/mol. The Morgan fingerprint density at radius 1 is 1.38 bits per heavy atom. The number of amides is 1. The van der Waals surface area contributed by atoms with E-state index in [0.717, 1.165) is 0 Å². The molecular weight excluding hydrogens is 270 g/mol. The molecule has 6 heteroatoms. The van der Waals surface area contributed by atoms with Gasteiger partial charge in [-0.15, -0.1) is 0 Å². The van der Waals surface area contributed by atoms with Gasteiger partial charge in [-0.2, -0.15) is 0 Å². The number of nitrogens with one attached hydrogen (secondary N) is 2. The highest BCUT2D eigenvalue weighted by Gasteiger charge is 2.22. The molecule has 1 rings (SSSR count). The Bertz CT molecular complexity index is 535. The summed E-state index contributed by atoms with van der Waals surface area (Å²) in [6.07, 6.45) is 0. The molecule has 116 valence electrons. The minimum absolute atomic E-state index is 0.0859. The second kappa shape index (κ2) is 6.56. The summed E-state index contributed by atoms with van der Waals surface area (Å²) in [7, 11) is 1.49. The van der Waals surface area contributed by atoms with Gasteiger partial charge in [0.05, 0.1) is 4.92 Å². The summed E-state index contributed by atoms with van der Waals surface area (Å²) in [6.45, 7) is 9.11. The van der Waals surface area contributed by atoms with Gasteiger partial charge in [0.25, 0.3) is 11.6 Å². The molecule has 0 aromatic heterocycles. The van der Waals surface area contributed by atoms with Gasteiger partial charge in [0.15, 0.2) is 0 Å². The van der Waals surface area contributed by atoms with E-state index < -0.39 is 4.92 Å². The summed E-state index contributed by atoms with van der Waals surface area (Å²) < 4.78 is 0. The van der Waals surface area contributed by atoms with Crippen molar-refractivity contribution in [2.24, 2.45) is 11.3 Å². The summed E-state index contributed by atoms with van der Waals surface area (Å²) in [5.41, 5.74) is 0.740. The largest absolute Gasteiger partial charge is 0.379 e. The van der Waals surface area contributed by atoms with Gasteiger partial charge in [-0.3, -0.25) is 14.9 Å². The van der Waals surface area contributed by atoms with E-state index in [1.54, 1.807) is 12.1 Å². The van der Waals surface area contributed by atoms with Crippen LogP contribution in [0.2, 0.25) is 0 Å². The highest BCUT2D eigenvalue weighted by molar-refractivity contribution is 5.95. The number of nitrogens with zero attached hydrogens (tertiary/aromatic N) is 1. The molecule has 1 amide bonds. The molecular formula is C15H23N3O3. The van der Waals surface area contributed by atoms with E-state index in [0.29, 0.717) is 18.2 Å². The number of benzene rings is 1. The van der Waals surface area contributed by atoms with Crippen molar-refractivity contribution in [3.8, 4) is 0 Å².